The molecule has 0 amide bonds. The van der Waals surface area contributed by atoms with Gasteiger partial charge in [-0.3, -0.25) is 4.90 Å². The van der Waals surface area contributed by atoms with Gasteiger partial charge in [0.1, 0.15) is 5.75 Å². The maximum Gasteiger partial charge on any atom is 0.203 e. The molecule has 0 saturated heterocycles. The van der Waals surface area contributed by atoms with Crippen molar-refractivity contribution in [2.45, 2.75) is 25.6 Å². The number of aryl methyl sites for hydroxylation is 1. The van der Waals surface area contributed by atoms with Crippen molar-refractivity contribution in [3.63, 3.8) is 0 Å². The molecule has 8 nitrogen and oxygen atoms in total. The number of methoxy groups -OCH3 is 6. The first-order valence-corrected chi connectivity index (χ1v) is 11.6. The van der Waals surface area contributed by atoms with Crippen molar-refractivity contribution in [1.82, 2.24) is 9.47 Å². The van der Waals surface area contributed by atoms with Crippen LogP contribution in [0.15, 0.2) is 42.6 Å². The maximum atomic E-state index is 5.90. The van der Waals surface area contributed by atoms with E-state index in [-0.39, 0.29) is 6.04 Å². The van der Waals surface area contributed by atoms with Gasteiger partial charge in [0.15, 0.2) is 23.0 Å². The second-order valence-corrected chi connectivity index (χ2v) is 8.30. The molecule has 8 heteroatoms. The zero-order chi connectivity index (χ0) is 24.9. The summed E-state index contributed by atoms with van der Waals surface area (Å²) in [6.45, 7) is 2.45. The van der Waals surface area contributed by atoms with Crippen LogP contribution in [0.5, 0.6) is 34.5 Å². The fourth-order valence-electron chi connectivity index (χ4n) is 4.94. The normalized spacial score (nSPS) is 15.7. The average Bonchev–Trinajstić information content (AvgIpc) is 3.28. The largest absolute Gasteiger partial charge is 0.496 e. The highest BCUT2D eigenvalue weighted by atomic mass is 16.5. The molecule has 0 radical (unpaired) electrons. The zero-order valence-electron chi connectivity index (χ0n) is 21.3. The van der Waals surface area contributed by atoms with E-state index in [1.54, 1.807) is 42.7 Å². The first-order valence-electron chi connectivity index (χ1n) is 11.6. The Balaban J connectivity index is 1.85. The van der Waals surface area contributed by atoms with Gasteiger partial charge in [-0.25, -0.2) is 0 Å². The fourth-order valence-corrected chi connectivity index (χ4v) is 4.94. The molecule has 3 aromatic rings. The summed E-state index contributed by atoms with van der Waals surface area (Å²) in [4.78, 5) is 2.44. The molecule has 1 aliphatic heterocycles. The molecule has 1 aliphatic rings. The van der Waals surface area contributed by atoms with Crippen LogP contribution >= 0.6 is 0 Å². The van der Waals surface area contributed by atoms with Crippen molar-refractivity contribution in [3.05, 3.63) is 59.4 Å². The van der Waals surface area contributed by atoms with Crippen LogP contribution in [0.25, 0.3) is 0 Å². The van der Waals surface area contributed by atoms with Crippen molar-refractivity contribution < 1.29 is 28.4 Å². The number of benzene rings is 2. The van der Waals surface area contributed by atoms with Crippen molar-refractivity contribution >= 4 is 0 Å². The molecule has 2 heterocycles. The molecule has 4 rings (SSSR count). The second kappa shape index (κ2) is 10.8. The zero-order valence-corrected chi connectivity index (χ0v) is 21.3. The molecule has 188 valence electrons. The molecule has 0 saturated carbocycles. The van der Waals surface area contributed by atoms with E-state index >= 15 is 0 Å². The van der Waals surface area contributed by atoms with E-state index in [0.29, 0.717) is 35.3 Å². The molecule has 0 spiro atoms. The van der Waals surface area contributed by atoms with Crippen LogP contribution in [0, 0.1) is 0 Å². The van der Waals surface area contributed by atoms with Gasteiger partial charge < -0.3 is 33.0 Å². The first kappa shape index (κ1) is 24.6. The van der Waals surface area contributed by atoms with Gasteiger partial charge >= 0.3 is 0 Å². The number of nitrogens with zero attached hydrogens (tertiary/aromatic N) is 2. The third-order valence-electron chi connectivity index (χ3n) is 6.54. The summed E-state index contributed by atoms with van der Waals surface area (Å²) in [7, 11) is 9.87. The Hall–Kier alpha value is -3.52. The Labute approximate surface area is 206 Å². The summed E-state index contributed by atoms with van der Waals surface area (Å²) in [5.74, 6) is 3.93. The lowest BCUT2D eigenvalue weighted by atomic mass is 9.98. The predicted molar refractivity (Wildman–Crippen MR) is 133 cm³/mol. The SMILES string of the molecule is COc1cc(OC)c(OC)cc1CN1CCCn2cccc2C1c1ccc(OC)c(OC)c1OC. The van der Waals surface area contributed by atoms with Gasteiger partial charge in [-0.2, -0.15) is 0 Å². The van der Waals surface area contributed by atoms with Gasteiger partial charge in [0.2, 0.25) is 5.75 Å². The summed E-state index contributed by atoms with van der Waals surface area (Å²) < 4.78 is 36.3. The Morgan fingerprint density at radius 2 is 1.40 bits per heavy atom. The molecular formula is C27H34N2O6. The van der Waals surface area contributed by atoms with Crippen LogP contribution in [-0.2, 0) is 13.1 Å². The molecule has 0 N–H and O–H groups in total. The molecule has 0 bridgehead atoms. The van der Waals surface area contributed by atoms with Gasteiger partial charge in [0, 0.05) is 48.7 Å². The van der Waals surface area contributed by atoms with Crippen LogP contribution in [-0.4, -0.2) is 58.7 Å². The van der Waals surface area contributed by atoms with Crippen molar-refractivity contribution in [2.24, 2.45) is 0 Å². The Bertz CT molecular complexity index is 1160. The van der Waals surface area contributed by atoms with Gasteiger partial charge in [0.05, 0.1) is 48.7 Å². The summed E-state index contributed by atoms with van der Waals surface area (Å²) in [6.07, 6.45) is 3.14. The van der Waals surface area contributed by atoms with Gasteiger partial charge in [-0.1, -0.05) is 0 Å². The van der Waals surface area contributed by atoms with Crippen LogP contribution in [0.2, 0.25) is 0 Å². The van der Waals surface area contributed by atoms with Crippen molar-refractivity contribution in [1.29, 1.82) is 0 Å². The minimum Gasteiger partial charge on any atom is -0.496 e. The highest BCUT2D eigenvalue weighted by molar-refractivity contribution is 5.58. The molecule has 1 atom stereocenters. The van der Waals surface area contributed by atoms with Crippen LogP contribution in [0.3, 0.4) is 0 Å². The van der Waals surface area contributed by atoms with Crippen LogP contribution in [0.4, 0.5) is 0 Å². The molecule has 35 heavy (non-hydrogen) atoms. The van der Waals surface area contributed by atoms with E-state index in [2.05, 4.69) is 33.9 Å². The standard InChI is InChI=1S/C27H34N2O6/c1-30-21-11-10-19(26(34-5)27(21)35-6)25-20-9-7-12-28(20)13-8-14-29(25)17-18-15-23(32-3)24(33-4)16-22(18)31-2/h7,9-12,15-16,25H,8,13-14,17H2,1-6H3. The number of hydrogen-bond acceptors (Lipinski definition) is 7. The summed E-state index contributed by atoms with van der Waals surface area (Å²) in [5, 5.41) is 0. The Kier molecular flexibility index (Phi) is 7.60. The number of ether oxygens (including phenoxy) is 6. The van der Waals surface area contributed by atoms with E-state index < -0.39 is 0 Å². The second-order valence-electron chi connectivity index (χ2n) is 8.30. The molecule has 2 aromatic carbocycles. The summed E-state index contributed by atoms with van der Waals surface area (Å²) >= 11 is 0. The topological polar surface area (TPSA) is 63.6 Å². The van der Waals surface area contributed by atoms with E-state index in [4.69, 9.17) is 28.4 Å². The third-order valence-corrected chi connectivity index (χ3v) is 6.54. The van der Waals surface area contributed by atoms with Crippen molar-refractivity contribution in [3.8, 4) is 34.5 Å². The monoisotopic (exact) mass is 482 g/mol. The Morgan fingerprint density at radius 1 is 0.714 bits per heavy atom. The highest BCUT2D eigenvalue weighted by Crippen LogP contribution is 2.46. The molecule has 0 fully saturated rings. The molecule has 1 unspecified atom stereocenters. The number of aromatic nitrogens is 1. The quantitative estimate of drug-likeness (QED) is 0.444. The predicted octanol–water partition coefficient (Wildman–Crippen LogP) is 4.54. The first-order chi connectivity index (χ1) is 17.1. The van der Waals surface area contributed by atoms with Gasteiger partial charge in [-0.15, -0.1) is 0 Å². The highest BCUT2D eigenvalue weighted by Gasteiger charge is 2.32. The van der Waals surface area contributed by atoms with Gasteiger partial charge in [-0.05, 0) is 36.8 Å². The van der Waals surface area contributed by atoms with E-state index in [0.717, 1.165) is 36.4 Å². The van der Waals surface area contributed by atoms with E-state index in [9.17, 15) is 0 Å². The average molecular weight is 483 g/mol. The maximum absolute atomic E-state index is 5.90. The molecule has 0 aliphatic carbocycles. The lowest BCUT2D eigenvalue weighted by Gasteiger charge is -2.32. The van der Waals surface area contributed by atoms with E-state index in [1.165, 1.54) is 5.69 Å². The minimum atomic E-state index is -0.0833. The molecular weight excluding hydrogens is 448 g/mol. The number of rotatable bonds is 9. The minimum absolute atomic E-state index is 0.0833. The third kappa shape index (κ3) is 4.58. The summed E-state index contributed by atoms with van der Waals surface area (Å²) in [5.41, 5.74) is 3.20. The lowest BCUT2D eigenvalue weighted by Crippen LogP contribution is -2.30. The number of hydrogen-bond donors (Lipinski definition) is 0. The van der Waals surface area contributed by atoms with Gasteiger partial charge in [0.25, 0.3) is 0 Å². The number of fused-ring (bicyclic) bond motifs is 1. The summed E-state index contributed by atoms with van der Waals surface area (Å²) in [6, 6.07) is 12.0. The van der Waals surface area contributed by atoms with Crippen LogP contribution in [0.1, 0.15) is 29.3 Å². The smallest absolute Gasteiger partial charge is 0.203 e. The Morgan fingerprint density at radius 3 is 2.06 bits per heavy atom. The fraction of sp³-hybridized carbons (Fsp3) is 0.407. The van der Waals surface area contributed by atoms with Crippen molar-refractivity contribution in [2.75, 3.05) is 49.2 Å². The molecule has 1 aromatic heterocycles. The van der Waals surface area contributed by atoms with E-state index in [1.807, 2.05) is 18.2 Å². The lowest BCUT2D eigenvalue weighted by molar-refractivity contribution is 0.211. The van der Waals surface area contributed by atoms with Crippen LogP contribution < -0.4 is 28.4 Å².